The first-order valence-corrected chi connectivity index (χ1v) is 9.34. The Morgan fingerprint density at radius 1 is 1.56 bits per heavy atom. The molecule has 1 aliphatic heterocycles. The summed E-state index contributed by atoms with van der Waals surface area (Å²) in [5, 5.41) is 4.47. The molecule has 0 saturated carbocycles. The van der Waals surface area contributed by atoms with Crippen LogP contribution in [0.2, 0.25) is 0 Å². The number of allylic oxidation sites excluding steroid dienone is 5. The Kier molecular flexibility index (Phi) is 10.6. The molecule has 6 nitrogen and oxygen atoms in total. The number of aliphatic imine (C=N–C) groups is 1. The molecule has 0 spiro atoms. The zero-order valence-electron chi connectivity index (χ0n) is 14.5. The van der Waals surface area contributed by atoms with Gasteiger partial charge in [0.2, 0.25) is 0 Å². The average Bonchev–Trinajstić information content (AvgIpc) is 2.62. The SMILES string of the molecule is CCSC(=N/C(=C/Cl)C1=CC/C=C\C=C/N/N=C\1)C(=O)N(C)CCN. The van der Waals surface area contributed by atoms with Gasteiger partial charge in [0.1, 0.15) is 0 Å². The highest BCUT2D eigenvalue weighted by molar-refractivity contribution is 8.15. The molecule has 136 valence electrons. The Labute approximate surface area is 158 Å². The van der Waals surface area contributed by atoms with Gasteiger partial charge in [-0.2, -0.15) is 5.10 Å². The minimum Gasteiger partial charge on any atom is -0.339 e. The number of carbonyl (C=O) groups excluding carboxylic acids is 1. The van der Waals surface area contributed by atoms with Crippen LogP contribution in [0.15, 0.2) is 57.4 Å². The zero-order chi connectivity index (χ0) is 18.5. The van der Waals surface area contributed by atoms with Gasteiger partial charge in [0.25, 0.3) is 5.91 Å². The van der Waals surface area contributed by atoms with Crippen LogP contribution >= 0.6 is 23.4 Å². The fraction of sp³-hybridized carbons (Fsp3) is 0.353. The van der Waals surface area contributed by atoms with E-state index in [4.69, 9.17) is 17.3 Å². The molecule has 0 radical (unpaired) electrons. The van der Waals surface area contributed by atoms with Gasteiger partial charge in [-0.15, -0.1) is 11.8 Å². The minimum absolute atomic E-state index is 0.174. The van der Waals surface area contributed by atoms with Crippen LogP contribution in [0.3, 0.4) is 0 Å². The van der Waals surface area contributed by atoms with E-state index in [0.29, 0.717) is 30.3 Å². The normalized spacial score (nSPS) is 19.4. The maximum Gasteiger partial charge on any atom is 0.278 e. The predicted molar refractivity (Wildman–Crippen MR) is 109 cm³/mol. The highest BCUT2D eigenvalue weighted by Crippen LogP contribution is 2.17. The van der Waals surface area contributed by atoms with Crippen molar-refractivity contribution in [3.8, 4) is 0 Å². The molecule has 0 saturated heterocycles. The molecule has 0 aromatic rings. The molecule has 1 amide bonds. The molecule has 1 heterocycles. The van der Waals surface area contributed by atoms with E-state index in [-0.39, 0.29) is 5.91 Å². The molecule has 1 aliphatic rings. The van der Waals surface area contributed by atoms with Gasteiger partial charge in [0, 0.05) is 37.4 Å². The third-order valence-corrected chi connectivity index (χ3v) is 4.10. The van der Waals surface area contributed by atoms with E-state index >= 15 is 0 Å². The van der Waals surface area contributed by atoms with Crippen LogP contribution in [0.1, 0.15) is 13.3 Å². The van der Waals surface area contributed by atoms with Crippen molar-refractivity contribution in [1.82, 2.24) is 10.3 Å². The summed E-state index contributed by atoms with van der Waals surface area (Å²) < 4.78 is 0. The van der Waals surface area contributed by atoms with Gasteiger partial charge in [0.05, 0.1) is 11.9 Å². The number of carbonyl (C=O) groups is 1. The summed E-state index contributed by atoms with van der Waals surface area (Å²) in [4.78, 5) is 18.6. The topological polar surface area (TPSA) is 83.1 Å². The largest absolute Gasteiger partial charge is 0.339 e. The first-order chi connectivity index (χ1) is 12.1. The minimum atomic E-state index is -0.174. The summed E-state index contributed by atoms with van der Waals surface area (Å²) >= 11 is 7.35. The Morgan fingerprint density at radius 3 is 3.04 bits per heavy atom. The van der Waals surface area contributed by atoms with Crippen LogP contribution in [0.25, 0.3) is 0 Å². The van der Waals surface area contributed by atoms with Crippen molar-refractivity contribution < 1.29 is 4.79 Å². The summed E-state index contributed by atoms with van der Waals surface area (Å²) in [6, 6.07) is 0. The number of rotatable bonds is 5. The smallest absolute Gasteiger partial charge is 0.278 e. The van der Waals surface area contributed by atoms with Crippen LogP contribution in [-0.2, 0) is 4.79 Å². The van der Waals surface area contributed by atoms with Gasteiger partial charge in [-0.05, 0) is 18.2 Å². The Morgan fingerprint density at radius 2 is 2.36 bits per heavy atom. The maximum atomic E-state index is 12.5. The number of nitrogens with two attached hydrogens (primary N) is 1. The van der Waals surface area contributed by atoms with Crippen LogP contribution in [0.5, 0.6) is 0 Å². The lowest BCUT2D eigenvalue weighted by Gasteiger charge is -2.17. The van der Waals surface area contributed by atoms with Crippen molar-refractivity contribution in [1.29, 1.82) is 0 Å². The second-order valence-corrected chi connectivity index (χ2v) is 6.40. The Balaban J connectivity index is 3.11. The third kappa shape index (κ3) is 7.72. The van der Waals surface area contributed by atoms with Crippen molar-refractivity contribution in [2.24, 2.45) is 15.8 Å². The fourth-order valence-corrected chi connectivity index (χ4v) is 2.71. The molecule has 0 atom stereocenters. The number of amides is 1. The second kappa shape index (κ2) is 12.5. The highest BCUT2D eigenvalue weighted by atomic mass is 35.5. The quantitative estimate of drug-likeness (QED) is 0.566. The summed E-state index contributed by atoms with van der Waals surface area (Å²) in [5.41, 5.74) is 10.9. The summed E-state index contributed by atoms with van der Waals surface area (Å²) in [5.74, 6) is 0.547. The molecule has 0 aromatic heterocycles. The van der Waals surface area contributed by atoms with Gasteiger partial charge in [0.15, 0.2) is 5.04 Å². The first-order valence-electron chi connectivity index (χ1n) is 7.92. The lowest BCUT2D eigenvalue weighted by atomic mass is 10.2. The lowest BCUT2D eigenvalue weighted by Crippen LogP contribution is -2.35. The van der Waals surface area contributed by atoms with E-state index in [1.54, 1.807) is 24.4 Å². The number of nitrogens with one attached hydrogen (secondary N) is 1. The van der Waals surface area contributed by atoms with Gasteiger partial charge in [-0.25, -0.2) is 4.99 Å². The van der Waals surface area contributed by atoms with Crippen LogP contribution in [-0.4, -0.2) is 48.0 Å². The van der Waals surface area contributed by atoms with Crippen molar-refractivity contribution in [2.45, 2.75) is 13.3 Å². The van der Waals surface area contributed by atoms with Crippen LogP contribution in [0.4, 0.5) is 0 Å². The molecule has 3 N–H and O–H groups in total. The van der Waals surface area contributed by atoms with Crippen LogP contribution < -0.4 is 11.2 Å². The van der Waals surface area contributed by atoms with Crippen LogP contribution in [0, 0.1) is 0 Å². The summed E-state index contributed by atoms with van der Waals surface area (Å²) in [6.07, 6.45) is 11.8. The maximum absolute atomic E-state index is 12.5. The third-order valence-electron chi connectivity index (χ3n) is 3.07. The van der Waals surface area contributed by atoms with E-state index in [9.17, 15) is 4.79 Å². The number of hydrogen-bond acceptors (Lipinski definition) is 6. The number of nitrogens with zero attached hydrogens (tertiary/aromatic N) is 3. The Bertz CT molecular complexity index is 623. The fourth-order valence-electron chi connectivity index (χ4n) is 1.82. The molecule has 0 unspecified atom stereocenters. The summed E-state index contributed by atoms with van der Waals surface area (Å²) in [7, 11) is 1.70. The average molecular weight is 382 g/mol. The molecule has 25 heavy (non-hydrogen) atoms. The van der Waals surface area contributed by atoms with E-state index in [1.165, 1.54) is 17.3 Å². The predicted octanol–water partition coefficient (Wildman–Crippen LogP) is 2.61. The number of hydrogen-bond donors (Lipinski definition) is 2. The van der Waals surface area contributed by atoms with E-state index in [0.717, 1.165) is 11.3 Å². The lowest BCUT2D eigenvalue weighted by molar-refractivity contribution is -0.122. The van der Waals surface area contributed by atoms with Gasteiger partial charge in [-0.3, -0.25) is 10.2 Å². The van der Waals surface area contributed by atoms with Crippen molar-refractivity contribution in [3.05, 3.63) is 47.3 Å². The van der Waals surface area contributed by atoms with E-state index in [1.807, 2.05) is 31.2 Å². The van der Waals surface area contributed by atoms with E-state index < -0.39 is 0 Å². The molecule has 1 rings (SSSR count). The number of thioether (sulfide) groups is 1. The van der Waals surface area contributed by atoms with Crippen molar-refractivity contribution in [3.63, 3.8) is 0 Å². The molecule has 0 fully saturated rings. The summed E-state index contributed by atoms with van der Waals surface area (Å²) in [6.45, 7) is 2.83. The van der Waals surface area contributed by atoms with E-state index in [2.05, 4.69) is 15.5 Å². The van der Waals surface area contributed by atoms with Crippen molar-refractivity contribution in [2.75, 3.05) is 25.9 Å². The number of hydrazone groups is 1. The number of halogens is 1. The zero-order valence-corrected chi connectivity index (χ0v) is 16.1. The second-order valence-electron chi connectivity index (χ2n) is 4.93. The molecule has 0 bridgehead atoms. The van der Waals surface area contributed by atoms with Gasteiger partial charge in [-0.1, -0.05) is 36.8 Å². The number of likely N-dealkylation sites (N-methyl/N-ethyl adjacent to an activating group) is 1. The monoisotopic (exact) mass is 381 g/mol. The first kappa shape index (κ1) is 21.2. The highest BCUT2D eigenvalue weighted by Gasteiger charge is 2.17. The molecular weight excluding hydrogens is 358 g/mol. The van der Waals surface area contributed by atoms with Crippen molar-refractivity contribution >= 4 is 40.5 Å². The van der Waals surface area contributed by atoms with Gasteiger partial charge < -0.3 is 10.6 Å². The molecular formula is C17H24ClN5OS. The molecule has 0 aromatic carbocycles. The molecule has 8 heteroatoms. The standard InChI is InChI=1S/C17H24ClN5OS/c1-3-25-16(17(24)23(2)11-9-19)22-15(12-18)14-8-6-4-5-7-10-20-21-13-14/h4-5,7-8,10,12-13,20H,3,6,9,11,19H2,1-2H3/b5-4-,10-7-,14-8?,15-12+,21-13-,22-16?. The molecule has 0 aliphatic carbocycles. The van der Waals surface area contributed by atoms with Gasteiger partial charge >= 0.3 is 0 Å². The Hall–Kier alpha value is -1.83.